The van der Waals surface area contributed by atoms with Gasteiger partial charge in [-0.2, -0.15) is 0 Å². The molecule has 0 spiro atoms. The Labute approximate surface area is 125 Å². The molecule has 0 fully saturated rings. The van der Waals surface area contributed by atoms with E-state index in [1.807, 2.05) is 0 Å². The van der Waals surface area contributed by atoms with Gasteiger partial charge in [-0.1, -0.05) is 12.8 Å². The van der Waals surface area contributed by atoms with Crippen LogP contribution in [0.1, 0.15) is 31.2 Å². The summed E-state index contributed by atoms with van der Waals surface area (Å²) in [6.07, 6.45) is 3.76. The molecule has 0 amide bonds. The summed E-state index contributed by atoms with van der Waals surface area (Å²) in [5.41, 5.74) is 0.219. The van der Waals surface area contributed by atoms with Gasteiger partial charge in [-0.15, -0.1) is 0 Å². The molecule has 0 saturated heterocycles. The zero-order chi connectivity index (χ0) is 15.7. The lowest BCUT2D eigenvalue weighted by Crippen LogP contribution is -2.24. The van der Waals surface area contributed by atoms with Crippen molar-refractivity contribution in [1.29, 1.82) is 0 Å². The number of benzene rings is 1. The van der Waals surface area contributed by atoms with Gasteiger partial charge < -0.3 is 13.3 Å². The van der Waals surface area contributed by atoms with Gasteiger partial charge in [0.25, 0.3) is 0 Å². The Morgan fingerprint density at radius 2 is 1.48 bits per heavy atom. The molecule has 0 bridgehead atoms. The van der Waals surface area contributed by atoms with Crippen LogP contribution in [0.3, 0.4) is 0 Å². The van der Waals surface area contributed by atoms with Gasteiger partial charge in [0.15, 0.2) is 11.6 Å². The second-order valence-electron chi connectivity index (χ2n) is 4.65. The summed E-state index contributed by atoms with van der Waals surface area (Å²) in [5, 5.41) is 0. The smallest absolute Gasteiger partial charge is 0.379 e. The number of rotatable bonds is 10. The molecule has 1 aromatic rings. The quantitative estimate of drug-likeness (QED) is 0.376. The summed E-state index contributed by atoms with van der Waals surface area (Å²) in [6.45, 7) is 0.568. The molecule has 0 atom stereocenters. The van der Waals surface area contributed by atoms with Crippen LogP contribution >= 0.6 is 0 Å². The van der Waals surface area contributed by atoms with Crippen LogP contribution in [0.5, 0.6) is 0 Å². The van der Waals surface area contributed by atoms with E-state index in [-0.39, 0.29) is 5.56 Å². The molecule has 3 nitrogen and oxygen atoms in total. The SMILES string of the molecule is CO[SiH](OC)OCCCCCCc1cc(F)c(F)cc1F. The molecule has 0 aliphatic heterocycles. The van der Waals surface area contributed by atoms with Gasteiger partial charge in [0, 0.05) is 26.9 Å². The van der Waals surface area contributed by atoms with E-state index in [1.54, 1.807) is 14.2 Å². The third-order valence-corrected chi connectivity index (χ3v) is 4.35. The molecule has 0 heterocycles. The van der Waals surface area contributed by atoms with Gasteiger partial charge in [0.2, 0.25) is 0 Å². The topological polar surface area (TPSA) is 27.7 Å². The molecule has 0 aliphatic carbocycles. The zero-order valence-electron chi connectivity index (χ0n) is 12.3. The minimum absolute atomic E-state index is 0.219. The van der Waals surface area contributed by atoms with Gasteiger partial charge in [-0.25, -0.2) is 13.2 Å². The molecule has 0 N–H and O–H groups in total. The molecule has 1 rings (SSSR count). The summed E-state index contributed by atoms with van der Waals surface area (Å²) in [6, 6.07) is 1.53. The third kappa shape index (κ3) is 6.60. The minimum atomic E-state index is -1.94. The summed E-state index contributed by atoms with van der Waals surface area (Å²) in [5.74, 6) is -2.84. The average Bonchev–Trinajstić information content (AvgIpc) is 2.47. The van der Waals surface area contributed by atoms with E-state index in [9.17, 15) is 13.2 Å². The predicted molar refractivity (Wildman–Crippen MR) is 75.6 cm³/mol. The Morgan fingerprint density at radius 3 is 2.14 bits per heavy atom. The van der Waals surface area contributed by atoms with Crippen LogP contribution in [-0.2, 0) is 19.7 Å². The summed E-state index contributed by atoms with van der Waals surface area (Å²) in [7, 11) is 1.16. The van der Waals surface area contributed by atoms with Gasteiger partial charge in [-0.05, 0) is 30.9 Å². The summed E-state index contributed by atoms with van der Waals surface area (Å²) < 4.78 is 54.5. The van der Waals surface area contributed by atoms with Crippen molar-refractivity contribution < 1.29 is 26.4 Å². The Hall–Kier alpha value is -0.893. The number of halogens is 3. The molecular weight excluding hydrogens is 301 g/mol. The Balaban J connectivity index is 2.16. The second-order valence-corrected chi connectivity index (χ2v) is 6.51. The molecule has 0 aliphatic rings. The Morgan fingerprint density at radius 1 is 0.857 bits per heavy atom. The van der Waals surface area contributed by atoms with Crippen molar-refractivity contribution in [2.45, 2.75) is 32.1 Å². The standard InChI is InChI=1S/C14H21F3O3Si/c1-18-21(19-2)20-8-6-4-3-5-7-11-9-13(16)14(17)10-12(11)15/h9-10,21H,3-8H2,1-2H3. The summed E-state index contributed by atoms with van der Waals surface area (Å²) >= 11 is 0. The highest BCUT2D eigenvalue weighted by Crippen LogP contribution is 2.16. The maximum atomic E-state index is 13.4. The predicted octanol–water partition coefficient (Wildman–Crippen LogP) is 3.23. The van der Waals surface area contributed by atoms with Gasteiger partial charge in [0.1, 0.15) is 5.82 Å². The first-order valence-electron chi connectivity index (χ1n) is 6.89. The molecule has 120 valence electrons. The lowest BCUT2D eigenvalue weighted by atomic mass is 10.1. The number of aryl methyl sites for hydroxylation is 1. The van der Waals surface area contributed by atoms with Crippen LogP contribution in [-0.4, -0.2) is 30.4 Å². The first-order valence-corrected chi connectivity index (χ1v) is 8.30. The summed E-state index contributed by atoms with van der Waals surface area (Å²) in [4.78, 5) is 0. The zero-order valence-corrected chi connectivity index (χ0v) is 13.5. The normalized spacial score (nSPS) is 11.3. The van der Waals surface area contributed by atoms with Crippen LogP contribution in [0.4, 0.5) is 13.2 Å². The first-order chi connectivity index (χ1) is 10.1. The van der Waals surface area contributed by atoms with E-state index in [2.05, 4.69) is 0 Å². The molecule has 0 saturated carbocycles. The van der Waals surface area contributed by atoms with E-state index >= 15 is 0 Å². The van der Waals surface area contributed by atoms with E-state index in [0.717, 1.165) is 31.7 Å². The van der Waals surface area contributed by atoms with Gasteiger partial charge >= 0.3 is 9.53 Å². The molecule has 1 aromatic carbocycles. The van der Waals surface area contributed by atoms with Gasteiger partial charge in [-0.3, -0.25) is 0 Å². The second kappa shape index (κ2) is 9.94. The van der Waals surface area contributed by atoms with E-state index in [0.29, 0.717) is 19.1 Å². The minimum Gasteiger partial charge on any atom is -0.379 e. The molecule has 21 heavy (non-hydrogen) atoms. The fraction of sp³-hybridized carbons (Fsp3) is 0.571. The molecular formula is C14H21F3O3Si. The number of hydrogen-bond donors (Lipinski definition) is 0. The molecule has 7 heteroatoms. The Bertz CT molecular complexity index is 428. The first kappa shape index (κ1) is 18.2. The molecule has 0 radical (unpaired) electrons. The van der Waals surface area contributed by atoms with Crippen molar-refractivity contribution in [3.8, 4) is 0 Å². The number of hydrogen-bond acceptors (Lipinski definition) is 3. The van der Waals surface area contributed by atoms with E-state index in [4.69, 9.17) is 13.3 Å². The van der Waals surface area contributed by atoms with Gasteiger partial charge in [0.05, 0.1) is 0 Å². The fourth-order valence-corrected chi connectivity index (χ4v) is 2.76. The van der Waals surface area contributed by atoms with Crippen molar-refractivity contribution in [3.05, 3.63) is 35.1 Å². The van der Waals surface area contributed by atoms with Crippen molar-refractivity contribution in [1.82, 2.24) is 0 Å². The van der Waals surface area contributed by atoms with Crippen LogP contribution in [0.25, 0.3) is 0 Å². The molecule has 0 unspecified atom stereocenters. The van der Waals surface area contributed by atoms with Crippen molar-refractivity contribution in [3.63, 3.8) is 0 Å². The lowest BCUT2D eigenvalue weighted by molar-refractivity contribution is 0.133. The highest BCUT2D eigenvalue weighted by Gasteiger charge is 2.10. The molecule has 0 aromatic heterocycles. The fourth-order valence-electron chi connectivity index (χ4n) is 1.94. The van der Waals surface area contributed by atoms with Crippen molar-refractivity contribution >= 4 is 9.53 Å². The van der Waals surface area contributed by atoms with E-state index < -0.39 is 27.0 Å². The van der Waals surface area contributed by atoms with Crippen LogP contribution < -0.4 is 0 Å². The largest absolute Gasteiger partial charge is 0.483 e. The highest BCUT2D eigenvalue weighted by atomic mass is 28.3. The maximum absolute atomic E-state index is 13.4. The Kier molecular flexibility index (Phi) is 8.59. The lowest BCUT2D eigenvalue weighted by Gasteiger charge is -2.11. The van der Waals surface area contributed by atoms with E-state index in [1.165, 1.54) is 0 Å². The monoisotopic (exact) mass is 322 g/mol. The van der Waals surface area contributed by atoms with Crippen molar-refractivity contribution in [2.75, 3.05) is 20.8 Å². The third-order valence-electron chi connectivity index (χ3n) is 3.07. The highest BCUT2D eigenvalue weighted by molar-refractivity contribution is 6.36. The maximum Gasteiger partial charge on any atom is 0.483 e. The van der Waals surface area contributed by atoms with Crippen LogP contribution in [0, 0.1) is 17.5 Å². The average molecular weight is 322 g/mol. The number of unbranched alkanes of at least 4 members (excludes halogenated alkanes) is 3. The van der Waals surface area contributed by atoms with Crippen LogP contribution in [0.15, 0.2) is 12.1 Å². The van der Waals surface area contributed by atoms with Crippen LogP contribution in [0.2, 0.25) is 0 Å². The van der Waals surface area contributed by atoms with Crippen molar-refractivity contribution in [2.24, 2.45) is 0 Å².